The molecule has 0 aromatic carbocycles. The van der Waals surface area contributed by atoms with E-state index in [9.17, 15) is 9.00 Å². The Kier molecular flexibility index (Phi) is 7.25. The summed E-state index contributed by atoms with van der Waals surface area (Å²) < 4.78 is 22.1. The first kappa shape index (κ1) is 19.4. The molecule has 2 rings (SSSR count). The van der Waals surface area contributed by atoms with Crippen LogP contribution in [0.15, 0.2) is 11.8 Å². The molecule has 6 nitrogen and oxygen atoms in total. The van der Waals surface area contributed by atoms with Crippen LogP contribution in [0.3, 0.4) is 0 Å². The first-order valence-electron chi connectivity index (χ1n) is 8.65. The fraction of sp³-hybridized carbons (Fsp3) is 0.824. The van der Waals surface area contributed by atoms with E-state index in [1.54, 1.807) is 6.08 Å². The molecule has 0 radical (unpaired) electrons. The van der Waals surface area contributed by atoms with E-state index < -0.39 is 10.8 Å². The first-order valence-corrected chi connectivity index (χ1v) is 10.1. The maximum absolute atomic E-state index is 12.2. The Morgan fingerprint density at radius 1 is 1.17 bits per heavy atom. The second-order valence-electron chi connectivity index (χ2n) is 7.24. The van der Waals surface area contributed by atoms with Crippen molar-refractivity contribution < 1.29 is 18.5 Å². The van der Waals surface area contributed by atoms with Crippen LogP contribution in [0.4, 0.5) is 0 Å². The number of ether oxygens (including phenoxy) is 2. The molecule has 2 fully saturated rings. The first-order chi connectivity index (χ1) is 11.4. The fourth-order valence-electron chi connectivity index (χ4n) is 2.91. The topological polar surface area (TPSA) is 59.1 Å². The summed E-state index contributed by atoms with van der Waals surface area (Å²) in [4.78, 5) is 16.6. The normalized spacial score (nSPS) is 21.8. The predicted octanol–water partition coefficient (Wildman–Crippen LogP) is 0.856. The largest absolute Gasteiger partial charge is 0.461 e. The summed E-state index contributed by atoms with van der Waals surface area (Å²) in [6.07, 6.45) is 1.64. The van der Waals surface area contributed by atoms with E-state index >= 15 is 0 Å². The number of allylic oxidation sites excluding steroid dienone is 1. The van der Waals surface area contributed by atoms with E-state index in [-0.39, 0.29) is 11.4 Å². The van der Waals surface area contributed by atoms with Gasteiger partial charge in [0, 0.05) is 72.2 Å². The van der Waals surface area contributed by atoms with E-state index in [2.05, 4.69) is 30.6 Å². The second-order valence-corrected chi connectivity index (χ2v) is 8.93. The molecule has 0 aromatic heterocycles. The van der Waals surface area contributed by atoms with Gasteiger partial charge >= 0.3 is 5.97 Å². The highest BCUT2D eigenvalue weighted by Crippen LogP contribution is 2.29. The van der Waals surface area contributed by atoms with Gasteiger partial charge in [0.15, 0.2) is 0 Å². The zero-order chi connectivity index (χ0) is 17.6. The molecule has 0 saturated carbocycles. The fourth-order valence-corrected chi connectivity index (χ4v) is 4.04. The van der Waals surface area contributed by atoms with Crippen LogP contribution in [0.2, 0.25) is 0 Å². The van der Waals surface area contributed by atoms with Gasteiger partial charge in [-0.2, -0.15) is 0 Å². The lowest BCUT2D eigenvalue weighted by Crippen LogP contribution is -2.40. The van der Waals surface area contributed by atoms with Crippen molar-refractivity contribution in [3.05, 3.63) is 11.8 Å². The van der Waals surface area contributed by atoms with Crippen molar-refractivity contribution >= 4 is 16.8 Å². The molecule has 0 N–H and O–H groups in total. The predicted molar refractivity (Wildman–Crippen MR) is 95.2 cm³/mol. The van der Waals surface area contributed by atoms with Crippen molar-refractivity contribution in [2.45, 2.75) is 20.8 Å². The molecule has 2 heterocycles. The molecule has 0 aliphatic carbocycles. The maximum Gasteiger partial charge on any atom is 0.332 e. The van der Waals surface area contributed by atoms with Gasteiger partial charge in [-0.15, -0.1) is 0 Å². The minimum Gasteiger partial charge on any atom is -0.461 e. The van der Waals surface area contributed by atoms with E-state index in [1.807, 2.05) is 0 Å². The molecule has 0 atom stereocenters. The van der Waals surface area contributed by atoms with Crippen molar-refractivity contribution in [2.24, 2.45) is 5.41 Å². The summed E-state index contributed by atoms with van der Waals surface area (Å²) in [6, 6.07) is 0. The van der Waals surface area contributed by atoms with Gasteiger partial charge in [0.2, 0.25) is 0 Å². The smallest absolute Gasteiger partial charge is 0.332 e. The van der Waals surface area contributed by atoms with Gasteiger partial charge in [-0.1, -0.05) is 20.8 Å². The molecule has 2 saturated heterocycles. The number of esters is 1. The third kappa shape index (κ3) is 6.18. The number of morpholine rings is 1. The molecule has 0 amide bonds. The summed E-state index contributed by atoms with van der Waals surface area (Å²) in [6.45, 7) is 12.0. The molecular formula is C17H30N2O4S. The van der Waals surface area contributed by atoms with Gasteiger partial charge in [-0.3, -0.25) is 9.11 Å². The van der Waals surface area contributed by atoms with E-state index in [0.717, 1.165) is 43.4 Å². The Hall–Kier alpha value is -0.920. The van der Waals surface area contributed by atoms with E-state index in [0.29, 0.717) is 26.4 Å². The van der Waals surface area contributed by atoms with Crippen molar-refractivity contribution in [3.63, 3.8) is 0 Å². The lowest BCUT2D eigenvalue weighted by Gasteiger charge is -2.37. The standard InChI is InChI=1S/C17H30N2O4S/c1-17(2,3)15(19-5-9-22-10-6-19)14-16(20)23-11-4-18-7-12-24(21)13-8-18/h14H,4-13H2,1-3H3/b15-14-. The van der Waals surface area contributed by atoms with Gasteiger partial charge in [-0.05, 0) is 0 Å². The number of carbonyl (C=O) groups is 1. The quantitative estimate of drug-likeness (QED) is 0.537. The molecule has 0 spiro atoms. The Morgan fingerprint density at radius 3 is 2.38 bits per heavy atom. The van der Waals surface area contributed by atoms with Crippen LogP contribution in [0.5, 0.6) is 0 Å². The molecule has 24 heavy (non-hydrogen) atoms. The molecule has 2 aliphatic rings. The molecular weight excluding hydrogens is 328 g/mol. The number of rotatable bonds is 5. The van der Waals surface area contributed by atoms with Crippen molar-refractivity contribution in [3.8, 4) is 0 Å². The summed E-state index contributed by atoms with van der Waals surface area (Å²) in [5.41, 5.74) is 0.886. The molecule has 138 valence electrons. The number of carbonyl (C=O) groups excluding carboxylic acids is 1. The van der Waals surface area contributed by atoms with Gasteiger partial charge < -0.3 is 14.4 Å². The van der Waals surface area contributed by atoms with Crippen LogP contribution in [0.1, 0.15) is 20.8 Å². The Labute approximate surface area is 147 Å². The summed E-state index contributed by atoms with van der Waals surface area (Å²) in [5.74, 6) is 1.16. The van der Waals surface area contributed by atoms with Gasteiger partial charge in [0.25, 0.3) is 0 Å². The van der Waals surface area contributed by atoms with E-state index in [1.165, 1.54) is 0 Å². The SMILES string of the molecule is CC(C)(C)/C(=C/C(=O)OCCN1CCS(=O)CC1)N1CCOCC1. The van der Waals surface area contributed by atoms with Crippen molar-refractivity contribution in [2.75, 3.05) is 64.1 Å². The third-order valence-electron chi connectivity index (χ3n) is 4.30. The van der Waals surface area contributed by atoms with Gasteiger partial charge in [-0.25, -0.2) is 4.79 Å². The average molecular weight is 359 g/mol. The van der Waals surface area contributed by atoms with Crippen LogP contribution in [-0.4, -0.2) is 84.0 Å². The minimum absolute atomic E-state index is 0.118. The molecule has 0 unspecified atom stereocenters. The van der Waals surface area contributed by atoms with Crippen molar-refractivity contribution in [1.82, 2.24) is 9.80 Å². The minimum atomic E-state index is -0.671. The summed E-state index contributed by atoms with van der Waals surface area (Å²) in [5, 5.41) is 0. The average Bonchev–Trinajstić information content (AvgIpc) is 2.54. The lowest BCUT2D eigenvalue weighted by atomic mass is 9.90. The number of hydrogen-bond acceptors (Lipinski definition) is 6. The number of nitrogens with zero attached hydrogens (tertiary/aromatic N) is 2. The van der Waals surface area contributed by atoms with Gasteiger partial charge in [0.1, 0.15) is 6.61 Å². The molecule has 7 heteroatoms. The Morgan fingerprint density at radius 2 is 1.79 bits per heavy atom. The highest BCUT2D eigenvalue weighted by atomic mass is 32.2. The monoisotopic (exact) mass is 358 g/mol. The van der Waals surface area contributed by atoms with Crippen LogP contribution in [0.25, 0.3) is 0 Å². The lowest BCUT2D eigenvalue weighted by molar-refractivity contribution is -0.138. The van der Waals surface area contributed by atoms with Crippen LogP contribution in [0, 0.1) is 5.41 Å². The highest BCUT2D eigenvalue weighted by Gasteiger charge is 2.25. The molecule has 2 aliphatic heterocycles. The summed E-state index contributed by atoms with van der Waals surface area (Å²) >= 11 is 0. The summed E-state index contributed by atoms with van der Waals surface area (Å²) in [7, 11) is -0.671. The van der Waals surface area contributed by atoms with Crippen LogP contribution >= 0.6 is 0 Å². The second kappa shape index (κ2) is 8.97. The Bertz CT molecular complexity index is 471. The highest BCUT2D eigenvalue weighted by molar-refractivity contribution is 7.85. The van der Waals surface area contributed by atoms with Crippen LogP contribution < -0.4 is 0 Å². The zero-order valence-corrected chi connectivity index (χ0v) is 15.9. The van der Waals surface area contributed by atoms with Crippen molar-refractivity contribution in [1.29, 1.82) is 0 Å². The molecule has 0 bridgehead atoms. The van der Waals surface area contributed by atoms with Gasteiger partial charge in [0.05, 0.1) is 13.2 Å². The van der Waals surface area contributed by atoms with E-state index in [4.69, 9.17) is 9.47 Å². The number of hydrogen-bond donors (Lipinski definition) is 0. The molecule has 0 aromatic rings. The third-order valence-corrected chi connectivity index (χ3v) is 5.57. The van der Waals surface area contributed by atoms with Crippen LogP contribution in [-0.2, 0) is 25.1 Å². The Balaban J connectivity index is 1.84. The zero-order valence-electron chi connectivity index (χ0n) is 15.1. The maximum atomic E-state index is 12.2.